The fraction of sp³-hybridized carbons (Fsp3) is 0.316. The molecule has 0 spiro atoms. The van der Waals surface area contributed by atoms with E-state index in [2.05, 4.69) is 14.8 Å². The van der Waals surface area contributed by atoms with Gasteiger partial charge in [-0.15, -0.1) is 0 Å². The minimum absolute atomic E-state index is 0.0275. The predicted molar refractivity (Wildman–Crippen MR) is 109 cm³/mol. The molecule has 0 aliphatic rings. The van der Waals surface area contributed by atoms with E-state index < -0.39 is 30.8 Å². The van der Waals surface area contributed by atoms with E-state index in [0.717, 1.165) is 0 Å². The second-order valence-corrected chi connectivity index (χ2v) is 8.48. The summed E-state index contributed by atoms with van der Waals surface area (Å²) < 4.78 is 24.9. The molecule has 2 N–H and O–H groups in total. The second kappa shape index (κ2) is 10.0. The highest BCUT2D eigenvalue weighted by atomic mass is 31.2. The zero-order valence-corrected chi connectivity index (χ0v) is 17.3. The van der Waals surface area contributed by atoms with Gasteiger partial charge in [0.25, 0.3) is 5.56 Å². The van der Waals surface area contributed by atoms with Crippen molar-refractivity contribution in [1.29, 1.82) is 0 Å². The Balaban J connectivity index is 2.14. The Morgan fingerprint density at radius 1 is 1.28 bits per heavy atom. The summed E-state index contributed by atoms with van der Waals surface area (Å²) in [5.41, 5.74) is -0.562. The van der Waals surface area contributed by atoms with Gasteiger partial charge >= 0.3 is 19.2 Å². The lowest BCUT2D eigenvalue weighted by atomic mass is 10.3. The average Bonchev–Trinajstić information content (AvgIpc) is 2.68. The molecule has 2 aromatic rings. The molecule has 1 aromatic heterocycles. The van der Waals surface area contributed by atoms with E-state index in [1.807, 2.05) is 0 Å². The maximum atomic E-state index is 13.3. The minimum atomic E-state index is -3.50. The number of hydrogen-bond acceptors (Lipinski definition) is 6. The maximum absolute atomic E-state index is 13.3. The number of benzene rings is 1. The lowest BCUT2D eigenvalue weighted by molar-refractivity contribution is -0.142. The molecular formula is C19H24N3O6P. The van der Waals surface area contributed by atoms with Crippen LogP contribution in [0.25, 0.3) is 0 Å². The van der Waals surface area contributed by atoms with E-state index in [4.69, 9.17) is 4.52 Å². The maximum Gasteiger partial charge on any atom is 0.328 e. The highest BCUT2D eigenvalue weighted by Gasteiger charge is 2.28. The summed E-state index contributed by atoms with van der Waals surface area (Å²) in [6.45, 7) is 3.30. The molecule has 0 saturated carbocycles. The summed E-state index contributed by atoms with van der Waals surface area (Å²) in [4.78, 5) is 37.2. The zero-order valence-electron chi connectivity index (χ0n) is 16.5. The van der Waals surface area contributed by atoms with Crippen LogP contribution in [-0.2, 0) is 20.6 Å². The van der Waals surface area contributed by atoms with E-state index in [9.17, 15) is 18.9 Å². The molecule has 156 valence electrons. The molecule has 1 aromatic carbocycles. The van der Waals surface area contributed by atoms with Gasteiger partial charge in [-0.05, 0) is 26.0 Å². The number of hydrogen-bond donors (Lipinski definition) is 2. The van der Waals surface area contributed by atoms with Crippen LogP contribution < -0.4 is 20.9 Å². The van der Waals surface area contributed by atoms with Gasteiger partial charge < -0.3 is 9.26 Å². The number of aryl methyl sites for hydroxylation is 1. The van der Waals surface area contributed by atoms with Crippen LogP contribution in [0.15, 0.2) is 58.3 Å². The Morgan fingerprint density at radius 3 is 2.62 bits per heavy atom. The van der Waals surface area contributed by atoms with Crippen molar-refractivity contribution < 1.29 is 18.6 Å². The molecule has 0 fully saturated rings. The smallest absolute Gasteiger partial charge is 0.328 e. The first-order valence-corrected chi connectivity index (χ1v) is 10.7. The van der Waals surface area contributed by atoms with Crippen molar-refractivity contribution in [2.24, 2.45) is 0 Å². The summed E-state index contributed by atoms with van der Waals surface area (Å²) in [5.74, 6) is -0.178. The Morgan fingerprint density at radius 2 is 1.97 bits per heavy atom. The molecule has 0 amide bonds. The van der Waals surface area contributed by atoms with Crippen LogP contribution in [0.1, 0.15) is 12.5 Å². The predicted octanol–water partition coefficient (Wildman–Crippen LogP) is 1.82. The van der Waals surface area contributed by atoms with Crippen LogP contribution in [-0.4, -0.2) is 34.8 Å². The van der Waals surface area contributed by atoms with Gasteiger partial charge in [-0.1, -0.05) is 30.4 Å². The van der Waals surface area contributed by atoms with Gasteiger partial charge in [-0.25, -0.2) is 9.88 Å². The third kappa shape index (κ3) is 6.58. The first kappa shape index (κ1) is 22.4. The minimum Gasteiger partial charge on any atom is -0.468 e. The molecule has 2 rings (SSSR count). The van der Waals surface area contributed by atoms with Crippen LogP contribution >= 0.6 is 7.52 Å². The standard InChI is InChI=1S/C19H24N3O6P/c1-14-13-22(19(25)20-17(14)23)11-7-8-12-29(26,21-15(2)18(24)27-3)28-16-9-5-4-6-10-16/h4-10,13,15H,11-12H2,1-3H3,(H,21,26)(H,20,23,25)/b8-7+/t15-,29?/m0/s1. The van der Waals surface area contributed by atoms with Crippen molar-refractivity contribution in [3.63, 3.8) is 0 Å². The number of carbonyl (C=O) groups is 1. The highest BCUT2D eigenvalue weighted by molar-refractivity contribution is 7.57. The number of methoxy groups -OCH3 is 1. The number of esters is 1. The van der Waals surface area contributed by atoms with Gasteiger partial charge in [-0.2, -0.15) is 0 Å². The number of aromatic nitrogens is 2. The van der Waals surface area contributed by atoms with E-state index >= 15 is 0 Å². The van der Waals surface area contributed by atoms with Crippen molar-refractivity contribution in [3.8, 4) is 5.75 Å². The normalized spacial score (nSPS) is 14.3. The molecule has 1 heterocycles. The van der Waals surface area contributed by atoms with Crippen molar-refractivity contribution in [1.82, 2.24) is 14.6 Å². The summed E-state index contributed by atoms with van der Waals surface area (Å²) in [6, 6.07) is 7.75. The average molecular weight is 421 g/mol. The van der Waals surface area contributed by atoms with Crippen molar-refractivity contribution in [2.75, 3.05) is 13.3 Å². The van der Waals surface area contributed by atoms with Crippen LogP contribution in [0, 0.1) is 6.92 Å². The molecule has 0 aliphatic heterocycles. The topological polar surface area (TPSA) is 119 Å². The fourth-order valence-electron chi connectivity index (χ4n) is 2.45. The van der Waals surface area contributed by atoms with Crippen LogP contribution in [0.3, 0.4) is 0 Å². The molecule has 2 atom stereocenters. The van der Waals surface area contributed by atoms with Crippen molar-refractivity contribution in [3.05, 3.63) is 75.1 Å². The number of carbonyl (C=O) groups excluding carboxylic acids is 1. The number of ether oxygens (including phenoxy) is 1. The first-order valence-electron chi connectivity index (χ1n) is 8.89. The molecule has 29 heavy (non-hydrogen) atoms. The van der Waals surface area contributed by atoms with Crippen LogP contribution in [0.2, 0.25) is 0 Å². The van der Waals surface area contributed by atoms with E-state index in [-0.39, 0.29) is 12.7 Å². The Kier molecular flexibility index (Phi) is 7.75. The van der Waals surface area contributed by atoms with Gasteiger partial charge in [0, 0.05) is 18.3 Å². The fourth-order valence-corrected chi connectivity index (χ4v) is 4.27. The van der Waals surface area contributed by atoms with Crippen LogP contribution in [0.5, 0.6) is 5.75 Å². The number of H-pyrrole nitrogens is 1. The Labute approximate surface area is 167 Å². The number of nitrogens with one attached hydrogen (secondary N) is 2. The van der Waals surface area contributed by atoms with E-state index in [0.29, 0.717) is 11.3 Å². The first-order chi connectivity index (χ1) is 13.7. The quantitative estimate of drug-likeness (QED) is 0.360. The Hall–Kier alpha value is -2.90. The van der Waals surface area contributed by atoms with Gasteiger partial charge in [0.1, 0.15) is 11.8 Å². The van der Waals surface area contributed by atoms with Gasteiger partial charge in [-0.3, -0.25) is 23.7 Å². The third-order valence-corrected chi connectivity index (χ3v) is 5.92. The molecule has 9 nitrogen and oxygen atoms in total. The van der Waals surface area contributed by atoms with Gasteiger partial charge in [0.05, 0.1) is 13.3 Å². The summed E-state index contributed by atoms with van der Waals surface area (Å²) >= 11 is 0. The zero-order chi connectivity index (χ0) is 21.4. The molecular weight excluding hydrogens is 397 g/mol. The number of rotatable bonds is 9. The Bertz CT molecular complexity index is 1030. The third-order valence-electron chi connectivity index (χ3n) is 3.94. The SMILES string of the molecule is COC(=O)[C@H](C)NP(=O)(C/C=C/Cn1cc(C)c(=O)[nH]c1=O)Oc1ccccc1. The molecule has 0 aliphatic carbocycles. The van der Waals surface area contributed by atoms with E-state index in [1.54, 1.807) is 49.4 Å². The molecule has 0 bridgehead atoms. The summed E-state index contributed by atoms with van der Waals surface area (Å²) in [6.07, 6.45) is 4.64. The summed E-state index contributed by atoms with van der Waals surface area (Å²) in [5, 5.41) is 2.71. The number of para-hydroxylation sites is 1. The monoisotopic (exact) mass is 421 g/mol. The molecule has 10 heteroatoms. The lowest BCUT2D eigenvalue weighted by Crippen LogP contribution is -2.34. The van der Waals surface area contributed by atoms with Crippen molar-refractivity contribution >= 4 is 13.5 Å². The van der Waals surface area contributed by atoms with Crippen LogP contribution in [0.4, 0.5) is 0 Å². The molecule has 0 saturated heterocycles. The number of nitrogens with zero attached hydrogens (tertiary/aromatic N) is 1. The van der Waals surface area contributed by atoms with Crippen molar-refractivity contribution in [2.45, 2.75) is 26.4 Å². The van der Waals surface area contributed by atoms with E-state index in [1.165, 1.54) is 24.8 Å². The highest BCUT2D eigenvalue weighted by Crippen LogP contribution is 2.43. The lowest BCUT2D eigenvalue weighted by Gasteiger charge is -2.22. The second-order valence-electron chi connectivity index (χ2n) is 6.33. The van der Waals surface area contributed by atoms with Gasteiger partial charge in [0.2, 0.25) is 0 Å². The number of aromatic amines is 1. The van der Waals surface area contributed by atoms with Gasteiger partial charge in [0.15, 0.2) is 0 Å². The largest absolute Gasteiger partial charge is 0.468 e. The number of allylic oxidation sites excluding steroid dienone is 2. The summed E-state index contributed by atoms with van der Waals surface area (Å²) in [7, 11) is -2.25. The molecule has 1 unspecified atom stereocenters. The molecule has 0 radical (unpaired) electrons.